The molecule has 2 heterocycles. The van der Waals surface area contributed by atoms with Crippen molar-refractivity contribution in [2.75, 3.05) is 0 Å². The molecular weight excluding hydrogens is 544 g/mol. The van der Waals surface area contributed by atoms with E-state index >= 15 is 0 Å². The molecule has 1 atom stereocenters. The minimum absolute atomic E-state index is 0.279. The van der Waals surface area contributed by atoms with Crippen LogP contribution in [0.4, 0.5) is 0 Å². The monoisotopic (exact) mass is 576 g/mol. The SMILES string of the molecule is Cc1ccc2c(c1)c1cc3c4ccccc4n(C4C=CC=CC4)c3cc1n2-c1cc(-c2ccccc2)cc(-c2ccccc2)c1. The summed E-state index contributed by atoms with van der Waals surface area (Å²) in [7, 11) is 0. The number of para-hydroxylation sites is 1. The van der Waals surface area contributed by atoms with Gasteiger partial charge in [-0.15, -0.1) is 0 Å². The van der Waals surface area contributed by atoms with E-state index in [9.17, 15) is 0 Å². The first-order chi connectivity index (χ1) is 22.2. The molecule has 0 saturated heterocycles. The van der Waals surface area contributed by atoms with Gasteiger partial charge in [0.15, 0.2) is 0 Å². The molecule has 45 heavy (non-hydrogen) atoms. The van der Waals surface area contributed by atoms with Crippen molar-refractivity contribution in [3.8, 4) is 27.9 Å². The second kappa shape index (κ2) is 10.2. The quantitative estimate of drug-likeness (QED) is 0.197. The number of allylic oxidation sites excluding steroid dienone is 4. The Morgan fingerprint density at radius 1 is 0.489 bits per heavy atom. The molecular formula is C43H32N2. The summed E-state index contributed by atoms with van der Waals surface area (Å²) in [6, 6.07) is 49.5. The van der Waals surface area contributed by atoms with Crippen LogP contribution in [0.1, 0.15) is 18.0 Å². The average Bonchev–Trinajstić information content (AvgIpc) is 3.60. The number of hydrogen-bond donors (Lipinski definition) is 0. The molecule has 2 heteroatoms. The van der Waals surface area contributed by atoms with E-state index < -0.39 is 0 Å². The lowest BCUT2D eigenvalue weighted by Gasteiger charge is -2.18. The zero-order chi connectivity index (χ0) is 29.9. The van der Waals surface area contributed by atoms with Gasteiger partial charge in [-0.25, -0.2) is 0 Å². The lowest BCUT2D eigenvalue weighted by molar-refractivity contribution is 0.648. The number of nitrogens with zero attached hydrogens (tertiary/aromatic N) is 2. The van der Waals surface area contributed by atoms with Crippen molar-refractivity contribution < 1.29 is 0 Å². The first-order valence-electron chi connectivity index (χ1n) is 15.8. The molecule has 0 bridgehead atoms. The van der Waals surface area contributed by atoms with Crippen LogP contribution in [0.5, 0.6) is 0 Å². The van der Waals surface area contributed by atoms with Crippen LogP contribution in [0.3, 0.4) is 0 Å². The molecule has 1 unspecified atom stereocenters. The van der Waals surface area contributed by atoms with Gasteiger partial charge in [-0.05, 0) is 84.1 Å². The molecule has 2 aromatic heterocycles. The predicted octanol–water partition coefficient (Wildman–Crippen LogP) is 11.6. The molecule has 0 N–H and O–H groups in total. The first-order valence-corrected chi connectivity index (χ1v) is 15.8. The van der Waals surface area contributed by atoms with Crippen molar-refractivity contribution in [2.45, 2.75) is 19.4 Å². The molecule has 9 rings (SSSR count). The van der Waals surface area contributed by atoms with Crippen molar-refractivity contribution >= 4 is 43.6 Å². The van der Waals surface area contributed by atoms with Gasteiger partial charge in [0.05, 0.1) is 22.6 Å². The molecule has 1 aliphatic rings. The normalized spacial score (nSPS) is 14.7. The number of aryl methyl sites for hydroxylation is 1. The molecule has 0 fully saturated rings. The Kier molecular flexibility index (Phi) is 5.89. The summed E-state index contributed by atoms with van der Waals surface area (Å²) in [5.74, 6) is 0. The minimum Gasteiger partial charge on any atom is -0.333 e. The maximum absolute atomic E-state index is 2.55. The highest BCUT2D eigenvalue weighted by molar-refractivity contribution is 6.19. The van der Waals surface area contributed by atoms with Gasteiger partial charge in [0.25, 0.3) is 0 Å². The van der Waals surface area contributed by atoms with Gasteiger partial charge in [-0.3, -0.25) is 0 Å². The average molecular weight is 577 g/mol. The number of rotatable bonds is 4. The molecule has 8 aromatic rings. The van der Waals surface area contributed by atoms with E-state index in [-0.39, 0.29) is 6.04 Å². The number of hydrogen-bond acceptors (Lipinski definition) is 0. The molecule has 6 aromatic carbocycles. The Bertz CT molecular complexity index is 2400. The summed E-state index contributed by atoms with van der Waals surface area (Å²) < 4.78 is 5.04. The molecule has 0 amide bonds. The Morgan fingerprint density at radius 2 is 1.16 bits per heavy atom. The minimum atomic E-state index is 0.279. The fourth-order valence-electron chi connectivity index (χ4n) is 7.35. The van der Waals surface area contributed by atoms with Gasteiger partial charge in [0.1, 0.15) is 0 Å². The fourth-order valence-corrected chi connectivity index (χ4v) is 7.35. The largest absolute Gasteiger partial charge is 0.333 e. The predicted molar refractivity (Wildman–Crippen MR) is 191 cm³/mol. The van der Waals surface area contributed by atoms with Crippen LogP contribution in [0.25, 0.3) is 71.6 Å². The molecule has 0 spiro atoms. The van der Waals surface area contributed by atoms with Crippen molar-refractivity contribution in [3.63, 3.8) is 0 Å². The van der Waals surface area contributed by atoms with E-state index in [1.54, 1.807) is 0 Å². The van der Waals surface area contributed by atoms with Gasteiger partial charge in [0.2, 0.25) is 0 Å². The summed E-state index contributed by atoms with van der Waals surface area (Å²) in [5.41, 5.74) is 12.3. The molecule has 1 aliphatic carbocycles. The molecule has 0 radical (unpaired) electrons. The molecule has 2 nitrogen and oxygen atoms in total. The molecule has 214 valence electrons. The summed E-state index contributed by atoms with van der Waals surface area (Å²) in [4.78, 5) is 0. The van der Waals surface area contributed by atoms with Gasteiger partial charge >= 0.3 is 0 Å². The number of benzene rings is 6. The Hall–Kier alpha value is -5.60. The van der Waals surface area contributed by atoms with E-state index in [1.807, 2.05) is 0 Å². The Balaban J connectivity index is 1.40. The second-order valence-electron chi connectivity index (χ2n) is 12.2. The van der Waals surface area contributed by atoms with E-state index in [0.29, 0.717) is 0 Å². The molecule has 0 aliphatic heterocycles. The summed E-state index contributed by atoms with van der Waals surface area (Å²) in [6.07, 6.45) is 9.96. The highest BCUT2D eigenvalue weighted by Crippen LogP contribution is 2.42. The lowest BCUT2D eigenvalue weighted by atomic mass is 9.98. The highest BCUT2D eigenvalue weighted by Gasteiger charge is 2.21. The van der Waals surface area contributed by atoms with Crippen LogP contribution < -0.4 is 0 Å². The van der Waals surface area contributed by atoms with Crippen LogP contribution in [0.2, 0.25) is 0 Å². The second-order valence-corrected chi connectivity index (χ2v) is 12.2. The van der Waals surface area contributed by atoms with Crippen molar-refractivity contribution in [1.29, 1.82) is 0 Å². The van der Waals surface area contributed by atoms with Crippen LogP contribution in [-0.4, -0.2) is 9.13 Å². The van der Waals surface area contributed by atoms with Crippen molar-refractivity contribution in [3.05, 3.63) is 163 Å². The summed E-state index contributed by atoms with van der Waals surface area (Å²) in [5, 5.41) is 5.19. The zero-order valence-electron chi connectivity index (χ0n) is 25.2. The Labute approximate surface area is 262 Å². The van der Waals surface area contributed by atoms with E-state index in [2.05, 4.69) is 174 Å². The van der Waals surface area contributed by atoms with Crippen LogP contribution in [0, 0.1) is 6.92 Å². The Morgan fingerprint density at radius 3 is 1.87 bits per heavy atom. The van der Waals surface area contributed by atoms with Crippen LogP contribution in [-0.2, 0) is 0 Å². The summed E-state index contributed by atoms with van der Waals surface area (Å²) >= 11 is 0. The van der Waals surface area contributed by atoms with Crippen molar-refractivity contribution in [1.82, 2.24) is 9.13 Å². The number of aromatic nitrogens is 2. The topological polar surface area (TPSA) is 9.86 Å². The van der Waals surface area contributed by atoms with E-state index in [0.717, 1.165) is 6.42 Å². The zero-order valence-corrected chi connectivity index (χ0v) is 25.2. The molecule has 0 saturated carbocycles. The van der Waals surface area contributed by atoms with Gasteiger partial charge < -0.3 is 9.13 Å². The van der Waals surface area contributed by atoms with E-state index in [1.165, 1.54) is 77.1 Å². The maximum atomic E-state index is 2.55. The maximum Gasteiger partial charge on any atom is 0.0562 e. The number of fused-ring (bicyclic) bond motifs is 6. The van der Waals surface area contributed by atoms with E-state index in [4.69, 9.17) is 0 Å². The smallest absolute Gasteiger partial charge is 0.0562 e. The van der Waals surface area contributed by atoms with Gasteiger partial charge in [0, 0.05) is 32.7 Å². The third-order valence-electron chi connectivity index (χ3n) is 9.43. The fraction of sp³-hybridized carbons (Fsp3) is 0.0698. The first kappa shape index (κ1) is 25.9. The van der Waals surface area contributed by atoms with Gasteiger partial charge in [-0.2, -0.15) is 0 Å². The van der Waals surface area contributed by atoms with Gasteiger partial charge in [-0.1, -0.05) is 115 Å². The van der Waals surface area contributed by atoms with Crippen LogP contribution in [0.15, 0.2) is 158 Å². The third-order valence-corrected chi connectivity index (χ3v) is 9.43. The standard InChI is InChI=1S/C43H32N2/c1-29-21-22-41-37(23-29)39-27-38-36-19-11-12-20-40(36)44(34-17-9-4-10-18-34)42(38)28-43(39)45(41)35-25-32(30-13-5-2-6-14-30)24-33(26-35)31-15-7-3-8-16-31/h2-17,19-28,34H,18H2,1H3. The summed E-state index contributed by atoms with van der Waals surface area (Å²) in [6.45, 7) is 2.19. The third kappa shape index (κ3) is 4.17. The van der Waals surface area contributed by atoms with Crippen LogP contribution >= 0.6 is 0 Å². The lowest BCUT2D eigenvalue weighted by Crippen LogP contribution is -2.06. The van der Waals surface area contributed by atoms with Crippen molar-refractivity contribution in [2.24, 2.45) is 0 Å². The highest BCUT2D eigenvalue weighted by atomic mass is 15.0.